The number of rotatable bonds is 6. The second-order valence-corrected chi connectivity index (χ2v) is 6.56. The first-order chi connectivity index (χ1) is 12.7. The molecule has 2 heterocycles. The van der Waals surface area contributed by atoms with Crippen LogP contribution in [0.4, 0.5) is 0 Å². The molecule has 0 saturated heterocycles. The normalized spacial score (nSPS) is 11.4. The highest BCUT2D eigenvalue weighted by Crippen LogP contribution is 2.20. The van der Waals surface area contributed by atoms with E-state index in [1.54, 1.807) is 6.07 Å². The molecular weight excluding hydrogens is 324 g/mol. The van der Waals surface area contributed by atoms with E-state index in [1.807, 2.05) is 18.2 Å². The minimum Gasteiger partial charge on any atom is -0.423 e. The molecule has 2 aromatic carbocycles. The summed E-state index contributed by atoms with van der Waals surface area (Å²) in [7, 11) is 0. The fraction of sp³-hybridized carbons (Fsp3) is 0.227. The first-order valence-corrected chi connectivity index (χ1v) is 9.06. The van der Waals surface area contributed by atoms with Crippen LogP contribution in [0.5, 0.6) is 0 Å². The third kappa shape index (κ3) is 3.28. The number of nitrogens with one attached hydrogen (secondary N) is 2. The van der Waals surface area contributed by atoms with Crippen LogP contribution in [0.15, 0.2) is 63.9 Å². The number of fused-ring (bicyclic) bond motifs is 2. The molecule has 0 fully saturated rings. The van der Waals surface area contributed by atoms with Gasteiger partial charge in [0.2, 0.25) is 0 Å². The molecular formula is C22H22N2O2. The number of aryl methyl sites for hydroxylation is 1. The van der Waals surface area contributed by atoms with Crippen molar-refractivity contribution in [1.82, 2.24) is 10.3 Å². The zero-order chi connectivity index (χ0) is 17.9. The minimum atomic E-state index is -0.292. The van der Waals surface area contributed by atoms with E-state index in [1.165, 1.54) is 22.0 Å². The lowest BCUT2D eigenvalue weighted by molar-refractivity contribution is 0.556. The van der Waals surface area contributed by atoms with Crippen molar-refractivity contribution in [3.05, 3.63) is 81.8 Å². The summed E-state index contributed by atoms with van der Waals surface area (Å²) < 4.78 is 5.37. The number of benzene rings is 2. The van der Waals surface area contributed by atoms with Crippen LogP contribution < -0.4 is 10.9 Å². The van der Waals surface area contributed by atoms with Gasteiger partial charge < -0.3 is 14.7 Å². The van der Waals surface area contributed by atoms with E-state index < -0.39 is 0 Å². The van der Waals surface area contributed by atoms with Gasteiger partial charge in [-0.1, -0.05) is 37.3 Å². The molecule has 0 aliphatic rings. The Balaban J connectivity index is 1.47. The molecule has 2 aromatic heterocycles. The van der Waals surface area contributed by atoms with Crippen LogP contribution in [0.2, 0.25) is 0 Å². The first kappa shape index (κ1) is 16.6. The summed E-state index contributed by atoms with van der Waals surface area (Å²) in [5.41, 5.74) is 5.01. The quantitative estimate of drug-likeness (QED) is 0.407. The second kappa shape index (κ2) is 7.18. The molecule has 0 bridgehead atoms. The van der Waals surface area contributed by atoms with Crippen molar-refractivity contribution in [2.75, 3.05) is 6.54 Å². The van der Waals surface area contributed by atoms with Crippen molar-refractivity contribution >= 4 is 21.9 Å². The van der Waals surface area contributed by atoms with Crippen LogP contribution in [0.3, 0.4) is 0 Å². The lowest BCUT2D eigenvalue weighted by Gasteiger charge is -2.08. The highest BCUT2D eigenvalue weighted by Gasteiger charge is 2.07. The van der Waals surface area contributed by atoms with Gasteiger partial charge in [-0.15, -0.1) is 0 Å². The van der Waals surface area contributed by atoms with Crippen molar-refractivity contribution in [1.29, 1.82) is 0 Å². The van der Waals surface area contributed by atoms with Gasteiger partial charge in [0.05, 0.1) is 0 Å². The Morgan fingerprint density at radius 2 is 1.92 bits per heavy atom. The lowest BCUT2D eigenvalue weighted by atomic mass is 10.1. The number of aromatic amines is 1. The van der Waals surface area contributed by atoms with Crippen molar-refractivity contribution < 1.29 is 4.42 Å². The van der Waals surface area contributed by atoms with Crippen LogP contribution in [0, 0.1) is 0 Å². The second-order valence-electron chi connectivity index (χ2n) is 6.56. The van der Waals surface area contributed by atoms with Gasteiger partial charge in [0, 0.05) is 35.1 Å². The number of hydrogen-bond acceptors (Lipinski definition) is 3. The Morgan fingerprint density at radius 3 is 2.81 bits per heavy atom. The van der Waals surface area contributed by atoms with Crippen LogP contribution in [-0.2, 0) is 19.4 Å². The van der Waals surface area contributed by atoms with Crippen LogP contribution >= 0.6 is 0 Å². The summed E-state index contributed by atoms with van der Waals surface area (Å²) >= 11 is 0. The average Bonchev–Trinajstić information content (AvgIpc) is 3.07. The molecule has 2 N–H and O–H groups in total. The third-order valence-electron chi connectivity index (χ3n) is 4.86. The summed E-state index contributed by atoms with van der Waals surface area (Å²) in [4.78, 5) is 15.2. The zero-order valence-corrected chi connectivity index (χ0v) is 14.8. The lowest BCUT2D eigenvalue weighted by Crippen LogP contribution is -2.18. The molecule has 0 aliphatic carbocycles. The highest BCUT2D eigenvalue weighted by atomic mass is 16.4. The van der Waals surface area contributed by atoms with Gasteiger partial charge in [-0.25, -0.2) is 4.79 Å². The maximum absolute atomic E-state index is 11.9. The molecule has 132 valence electrons. The molecule has 4 rings (SSSR count). The zero-order valence-electron chi connectivity index (χ0n) is 14.8. The Kier molecular flexibility index (Phi) is 4.59. The van der Waals surface area contributed by atoms with Gasteiger partial charge in [-0.2, -0.15) is 0 Å². The third-order valence-corrected chi connectivity index (χ3v) is 4.86. The van der Waals surface area contributed by atoms with Gasteiger partial charge in [0.1, 0.15) is 5.58 Å². The van der Waals surface area contributed by atoms with E-state index in [0.717, 1.165) is 30.3 Å². The van der Waals surface area contributed by atoms with Crippen molar-refractivity contribution in [2.24, 2.45) is 0 Å². The van der Waals surface area contributed by atoms with Crippen LogP contribution in [-0.4, -0.2) is 11.5 Å². The number of hydrogen-bond donors (Lipinski definition) is 2. The van der Waals surface area contributed by atoms with Gasteiger partial charge in [0.15, 0.2) is 0 Å². The summed E-state index contributed by atoms with van der Waals surface area (Å²) in [5.74, 6) is 0. The summed E-state index contributed by atoms with van der Waals surface area (Å²) in [6.45, 7) is 3.59. The standard InChI is InChI=1S/C22H22N2O2/c1-2-15-7-8-19-17(12-22(25)26-21(19)11-15)13-23-10-9-16-14-24-20-6-4-3-5-18(16)20/h3-8,11-12,14,23-24H,2,9-10,13H2,1H3. The van der Waals surface area contributed by atoms with Gasteiger partial charge in [-0.05, 0) is 48.2 Å². The van der Waals surface area contributed by atoms with Gasteiger partial charge in [0.25, 0.3) is 0 Å². The number of aromatic nitrogens is 1. The SMILES string of the molecule is CCc1ccc2c(CNCCc3c[nH]c4ccccc34)cc(=O)oc2c1. The predicted octanol–water partition coefficient (Wildman–Crippen LogP) is 4.17. The number of para-hydroxylation sites is 1. The Hall–Kier alpha value is -2.85. The predicted molar refractivity (Wildman–Crippen MR) is 106 cm³/mol. The van der Waals surface area contributed by atoms with E-state index in [4.69, 9.17) is 4.42 Å². The Morgan fingerprint density at radius 1 is 1.04 bits per heavy atom. The van der Waals surface area contributed by atoms with Gasteiger partial charge in [-0.3, -0.25) is 0 Å². The summed E-state index contributed by atoms with van der Waals surface area (Å²) in [6, 6.07) is 16.0. The van der Waals surface area contributed by atoms with E-state index in [9.17, 15) is 4.79 Å². The minimum absolute atomic E-state index is 0.292. The van der Waals surface area contributed by atoms with Crippen molar-refractivity contribution in [3.8, 4) is 0 Å². The largest absolute Gasteiger partial charge is 0.423 e. The molecule has 4 heteroatoms. The van der Waals surface area contributed by atoms with Crippen molar-refractivity contribution in [3.63, 3.8) is 0 Å². The topological polar surface area (TPSA) is 58.0 Å². The van der Waals surface area contributed by atoms with E-state index in [-0.39, 0.29) is 5.63 Å². The van der Waals surface area contributed by atoms with E-state index in [2.05, 4.69) is 47.7 Å². The molecule has 0 unspecified atom stereocenters. The molecule has 26 heavy (non-hydrogen) atoms. The van der Waals surface area contributed by atoms with Crippen molar-refractivity contribution in [2.45, 2.75) is 26.3 Å². The fourth-order valence-corrected chi connectivity index (χ4v) is 3.43. The van der Waals surface area contributed by atoms with Crippen LogP contribution in [0.25, 0.3) is 21.9 Å². The fourth-order valence-electron chi connectivity index (χ4n) is 3.43. The highest BCUT2D eigenvalue weighted by molar-refractivity contribution is 5.83. The van der Waals surface area contributed by atoms with Gasteiger partial charge >= 0.3 is 5.63 Å². The van der Waals surface area contributed by atoms with Crippen LogP contribution in [0.1, 0.15) is 23.6 Å². The first-order valence-electron chi connectivity index (χ1n) is 9.06. The monoisotopic (exact) mass is 346 g/mol. The maximum atomic E-state index is 11.9. The Labute approximate surface area is 151 Å². The Bertz CT molecular complexity index is 1110. The molecule has 0 radical (unpaired) electrons. The molecule has 0 spiro atoms. The van der Waals surface area contributed by atoms with E-state index >= 15 is 0 Å². The smallest absolute Gasteiger partial charge is 0.336 e. The average molecular weight is 346 g/mol. The van der Waals surface area contributed by atoms with E-state index in [0.29, 0.717) is 12.1 Å². The molecule has 0 amide bonds. The molecule has 4 aromatic rings. The molecule has 4 nitrogen and oxygen atoms in total. The molecule has 0 aliphatic heterocycles. The number of H-pyrrole nitrogens is 1. The molecule has 0 atom stereocenters. The summed E-state index contributed by atoms with van der Waals surface area (Å²) in [5, 5.41) is 5.73. The summed E-state index contributed by atoms with van der Waals surface area (Å²) in [6.07, 6.45) is 3.93. The molecule has 0 saturated carbocycles. The maximum Gasteiger partial charge on any atom is 0.336 e.